The number of benzene rings is 2. The van der Waals surface area contributed by atoms with Crippen LogP contribution in [-0.2, 0) is 9.53 Å². The van der Waals surface area contributed by atoms with Crippen molar-refractivity contribution in [1.29, 1.82) is 0 Å². The number of methoxy groups -OCH3 is 2. The Labute approximate surface area is 106 Å². The van der Waals surface area contributed by atoms with Crippen LogP contribution in [0.2, 0.25) is 0 Å². The quantitative estimate of drug-likeness (QED) is 0.840. The lowest BCUT2D eigenvalue weighted by Crippen LogP contribution is -2.15. The topological polar surface area (TPSA) is 47.6 Å². The summed E-state index contributed by atoms with van der Waals surface area (Å²) in [6.45, 7) is 0.146. The minimum absolute atomic E-state index is 0.146. The summed E-state index contributed by atoms with van der Waals surface area (Å²) in [5, 5.41) is 5.08. The third-order valence-corrected chi connectivity index (χ3v) is 2.75. The van der Waals surface area contributed by atoms with E-state index in [2.05, 4.69) is 10.1 Å². The van der Waals surface area contributed by atoms with Crippen molar-refractivity contribution in [1.82, 2.24) is 0 Å². The highest BCUT2D eigenvalue weighted by Gasteiger charge is 2.07. The molecule has 0 aromatic heterocycles. The van der Waals surface area contributed by atoms with Gasteiger partial charge in [0.1, 0.15) is 12.3 Å². The van der Waals surface area contributed by atoms with Gasteiger partial charge in [0, 0.05) is 16.5 Å². The van der Waals surface area contributed by atoms with Gasteiger partial charge in [0.15, 0.2) is 0 Å². The molecule has 18 heavy (non-hydrogen) atoms. The van der Waals surface area contributed by atoms with E-state index in [4.69, 9.17) is 4.74 Å². The molecule has 0 amide bonds. The van der Waals surface area contributed by atoms with Crippen molar-refractivity contribution in [2.24, 2.45) is 0 Å². The fourth-order valence-corrected chi connectivity index (χ4v) is 1.84. The van der Waals surface area contributed by atoms with E-state index < -0.39 is 0 Å². The fraction of sp³-hybridized carbons (Fsp3) is 0.214. The van der Waals surface area contributed by atoms with Gasteiger partial charge < -0.3 is 14.8 Å². The molecule has 0 saturated carbocycles. The van der Waals surface area contributed by atoms with Crippen LogP contribution in [0.5, 0.6) is 5.75 Å². The van der Waals surface area contributed by atoms with Gasteiger partial charge in [0.05, 0.1) is 14.2 Å². The Kier molecular flexibility index (Phi) is 3.67. The summed E-state index contributed by atoms with van der Waals surface area (Å²) in [4.78, 5) is 11.1. The van der Waals surface area contributed by atoms with Gasteiger partial charge in [-0.1, -0.05) is 24.3 Å². The molecular weight excluding hydrogens is 230 g/mol. The van der Waals surface area contributed by atoms with E-state index in [0.717, 1.165) is 22.2 Å². The lowest BCUT2D eigenvalue weighted by Gasteiger charge is -2.11. The molecule has 0 radical (unpaired) electrons. The molecule has 4 heteroatoms. The third kappa shape index (κ3) is 2.37. The Morgan fingerprint density at radius 3 is 2.50 bits per heavy atom. The number of anilines is 1. The van der Waals surface area contributed by atoms with Crippen LogP contribution in [-0.4, -0.2) is 26.7 Å². The predicted molar refractivity (Wildman–Crippen MR) is 71.0 cm³/mol. The van der Waals surface area contributed by atoms with Crippen LogP contribution in [0.15, 0.2) is 36.4 Å². The van der Waals surface area contributed by atoms with E-state index in [1.54, 1.807) is 7.11 Å². The predicted octanol–water partition coefficient (Wildman–Crippen LogP) is 2.43. The number of hydrogen-bond donors (Lipinski definition) is 1. The number of carbonyl (C=O) groups is 1. The molecule has 0 spiro atoms. The molecule has 0 saturated heterocycles. The smallest absolute Gasteiger partial charge is 0.325 e. The SMILES string of the molecule is COC(=O)CNc1ccc(OC)c2ccccc12. The van der Waals surface area contributed by atoms with Crippen LogP contribution >= 0.6 is 0 Å². The summed E-state index contributed by atoms with van der Waals surface area (Å²) in [5.74, 6) is 0.518. The van der Waals surface area contributed by atoms with Gasteiger partial charge in [0.2, 0.25) is 0 Å². The van der Waals surface area contributed by atoms with Crippen LogP contribution < -0.4 is 10.1 Å². The summed E-state index contributed by atoms with van der Waals surface area (Å²) < 4.78 is 9.91. The molecule has 2 aromatic rings. The maximum Gasteiger partial charge on any atom is 0.325 e. The molecule has 0 unspecified atom stereocenters. The monoisotopic (exact) mass is 245 g/mol. The Bertz CT molecular complexity index is 566. The van der Waals surface area contributed by atoms with Crippen LogP contribution in [0.25, 0.3) is 10.8 Å². The van der Waals surface area contributed by atoms with Crippen molar-refractivity contribution >= 4 is 22.4 Å². The number of hydrogen-bond acceptors (Lipinski definition) is 4. The summed E-state index contributed by atoms with van der Waals surface area (Å²) in [6.07, 6.45) is 0. The lowest BCUT2D eigenvalue weighted by atomic mass is 10.1. The highest BCUT2D eigenvalue weighted by atomic mass is 16.5. The van der Waals surface area contributed by atoms with E-state index in [9.17, 15) is 4.79 Å². The van der Waals surface area contributed by atoms with Crippen molar-refractivity contribution in [3.05, 3.63) is 36.4 Å². The number of rotatable bonds is 4. The van der Waals surface area contributed by atoms with E-state index in [-0.39, 0.29) is 12.5 Å². The van der Waals surface area contributed by atoms with E-state index in [1.165, 1.54) is 7.11 Å². The zero-order valence-corrected chi connectivity index (χ0v) is 10.4. The zero-order chi connectivity index (χ0) is 13.0. The second kappa shape index (κ2) is 5.40. The van der Waals surface area contributed by atoms with Crippen molar-refractivity contribution in [2.45, 2.75) is 0 Å². The lowest BCUT2D eigenvalue weighted by molar-refractivity contribution is -0.138. The normalized spacial score (nSPS) is 10.1. The second-order valence-corrected chi connectivity index (χ2v) is 3.79. The zero-order valence-electron chi connectivity index (χ0n) is 10.4. The Morgan fingerprint density at radius 2 is 1.83 bits per heavy atom. The van der Waals surface area contributed by atoms with E-state index in [0.29, 0.717) is 0 Å². The highest BCUT2D eigenvalue weighted by Crippen LogP contribution is 2.31. The standard InChI is InChI=1S/C14H15NO3/c1-17-13-8-7-12(15-9-14(16)18-2)10-5-3-4-6-11(10)13/h3-8,15H,9H2,1-2H3. The fourth-order valence-electron chi connectivity index (χ4n) is 1.84. The van der Waals surface area contributed by atoms with Crippen molar-refractivity contribution < 1.29 is 14.3 Å². The first kappa shape index (κ1) is 12.2. The first-order valence-corrected chi connectivity index (χ1v) is 5.62. The highest BCUT2D eigenvalue weighted by molar-refractivity contribution is 5.98. The van der Waals surface area contributed by atoms with Gasteiger partial charge in [-0.15, -0.1) is 0 Å². The molecule has 0 heterocycles. The number of ether oxygens (including phenoxy) is 2. The molecule has 2 aromatic carbocycles. The summed E-state index contributed by atoms with van der Waals surface area (Å²) >= 11 is 0. The molecule has 0 atom stereocenters. The average molecular weight is 245 g/mol. The van der Waals surface area contributed by atoms with Crippen LogP contribution in [0.3, 0.4) is 0 Å². The van der Waals surface area contributed by atoms with Crippen molar-refractivity contribution in [3.8, 4) is 5.75 Å². The molecule has 2 rings (SSSR count). The largest absolute Gasteiger partial charge is 0.496 e. The number of esters is 1. The molecule has 0 fully saturated rings. The summed E-state index contributed by atoms with van der Waals surface area (Å²) in [7, 11) is 3.01. The van der Waals surface area contributed by atoms with Crippen LogP contribution in [0.1, 0.15) is 0 Å². The molecular formula is C14H15NO3. The Hall–Kier alpha value is -2.23. The molecule has 4 nitrogen and oxygen atoms in total. The van der Waals surface area contributed by atoms with Crippen LogP contribution in [0.4, 0.5) is 5.69 Å². The maximum atomic E-state index is 11.1. The Morgan fingerprint density at radius 1 is 1.11 bits per heavy atom. The van der Waals surface area contributed by atoms with Gasteiger partial charge in [0.25, 0.3) is 0 Å². The summed E-state index contributed by atoms with van der Waals surface area (Å²) in [5.41, 5.74) is 0.886. The number of carbonyl (C=O) groups excluding carboxylic acids is 1. The Balaban J connectivity index is 2.37. The molecule has 0 aliphatic heterocycles. The van der Waals surface area contributed by atoms with E-state index >= 15 is 0 Å². The van der Waals surface area contributed by atoms with Gasteiger partial charge >= 0.3 is 5.97 Å². The first-order valence-electron chi connectivity index (χ1n) is 5.62. The van der Waals surface area contributed by atoms with E-state index in [1.807, 2.05) is 36.4 Å². The third-order valence-electron chi connectivity index (χ3n) is 2.75. The van der Waals surface area contributed by atoms with Crippen molar-refractivity contribution in [2.75, 3.05) is 26.1 Å². The second-order valence-electron chi connectivity index (χ2n) is 3.79. The van der Waals surface area contributed by atoms with Crippen molar-refractivity contribution in [3.63, 3.8) is 0 Å². The molecule has 1 N–H and O–H groups in total. The molecule has 94 valence electrons. The van der Waals surface area contributed by atoms with Gasteiger partial charge in [-0.25, -0.2) is 0 Å². The summed E-state index contributed by atoms with van der Waals surface area (Å²) in [6, 6.07) is 11.6. The first-order chi connectivity index (χ1) is 8.76. The average Bonchev–Trinajstić information content (AvgIpc) is 2.44. The van der Waals surface area contributed by atoms with Gasteiger partial charge in [-0.2, -0.15) is 0 Å². The molecule has 0 bridgehead atoms. The maximum absolute atomic E-state index is 11.1. The minimum atomic E-state index is -0.296. The molecule has 0 aliphatic carbocycles. The minimum Gasteiger partial charge on any atom is -0.496 e. The van der Waals surface area contributed by atoms with Gasteiger partial charge in [-0.05, 0) is 12.1 Å². The number of fused-ring (bicyclic) bond motifs is 1. The molecule has 0 aliphatic rings. The van der Waals surface area contributed by atoms with Crippen LogP contribution in [0, 0.1) is 0 Å². The van der Waals surface area contributed by atoms with Gasteiger partial charge in [-0.3, -0.25) is 4.79 Å². The number of nitrogens with one attached hydrogen (secondary N) is 1.